The van der Waals surface area contributed by atoms with Crippen LogP contribution in [0.4, 0.5) is 34.8 Å². The predicted octanol–water partition coefficient (Wildman–Crippen LogP) is 3.81. The van der Waals surface area contributed by atoms with Gasteiger partial charge in [-0.15, -0.1) is 0 Å². The van der Waals surface area contributed by atoms with E-state index in [-0.39, 0.29) is 5.56 Å². The van der Waals surface area contributed by atoms with Gasteiger partial charge in [-0.2, -0.15) is 14.6 Å². The monoisotopic (exact) mass is 560 g/mol. The third kappa shape index (κ3) is 7.24. The molecular formula is C28H36N10OS. The van der Waals surface area contributed by atoms with Crippen LogP contribution in [0.1, 0.15) is 18.4 Å². The Morgan fingerprint density at radius 3 is 2.38 bits per heavy atom. The lowest BCUT2D eigenvalue weighted by Gasteiger charge is -2.42. The Balaban J connectivity index is 1.22. The topological polar surface area (TPSA) is 126 Å². The molecule has 0 radical (unpaired) electrons. The number of nitriles is 1. The molecule has 3 aromatic rings. The van der Waals surface area contributed by atoms with Crippen molar-refractivity contribution in [2.24, 2.45) is 4.36 Å². The summed E-state index contributed by atoms with van der Waals surface area (Å²) in [7, 11) is -0.146. The molecule has 0 atom stereocenters. The van der Waals surface area contributed by atoms with Crippen LogP contribution >= 0.6 is 0 Å². The summed E-state index contributed by atoms with van der Waals surface area (Å²) < 4.78 is 16.2. The van der Waals surface area contributed by atoms with E-state index in [2.05, 4.69) is 69.9 Å². The summed E-state index contributed by atoms with van der Waals surface area (Å²) in [4.78, 5) is 20.7. The summed E-state index contributed by atoms with van der Waals surface area (Å²) in [5.41, 5.74) is 2.34. The minimum absolute atomic E-state index is 0.278. The van der Waals surface area contributed by atoms with Gasteiger partial charge < -0.3 is 20.4 Å². The number of hydrogen-bond donors (Lipinski definition) is 2. The highest BCUT2D eigenvalue weighted by atomic mass is 32.2. The second kappa shape index (κ2) is 12.2. The number of piperidine rings is 1. The number of pyridine rings is 1. The van der Waals surface area contributed by atoms with Crippen molar-refractivity contribution < 1.29 is 4.21 Å². The van der Waals surface area contributed by atoms with Gasteiger partial charge in [0.1, 0.15) is 17.5 Å². The number of rotatable bonds is 7. The van der Waals surface area contributed by atoms with Crippen molar-refractivity contribution in [3.63, 3.8) is 0 Å². The molecule has 2 fully saturated rings. The van der Waals surface area contributed by atoms with Crippen molar-refractivity contribution in [1.82, 2.24) is 24.8 Å². The Labute approximate surface area is 236 Å². The number of nitrogens with one attached hydrogen (secondary N) is 2. The maximum atomic E-state index is 12.0. The molecule has 4 heterocycles. The van der Waals surface area contributed by atoms with Crippen molar-refractivity contribution in [2.75, 3.05) is 74.4 Å². The Morgan fingerprint density at radius 2 is 1.70 bits per heavy atom. The van der Waals surface area contributed by atoms with E-state index >= 15 is 0 Å². The van der Waals surface area contributed by atoms with Crippen molar-refractivity contribution in [3.8, 4) is 6.07 Å². The van der Waals surface area contributed by atoms with Gasteiger partial charge in [0, 0.05) is 78.9 Å². The molecule has 0 aliphatic carbocycles. The van der Waals surface area contributed by atoms with Gasteiger partial charge in [0.2, 0.25) is 5.95 Å². The summed E-state index contributed by atoms with van der Waals surface area (Å²) in [5.74, 6) is 1.45. The number of aromatic nitrogens is 3. The minimum atomic E-state index is -2.35. The SMILES string of the molecule is CN1CCN(C2CCN(c3ccc(Nc4ncc(C#N)c(Nc5cccc(N=S(C)(C)=O)n5)n4)cc3)CC2)CC1. The van der Waals surface area contributed by atoms with Gasteiger partial charge in [-0.25, -0.2) is 14.2 Å². The van der Waals surface area contributed by atoms with Crippen LogP contribution in [-0.2, 0) is 9.73 Å². The lowest BCUT2D eigenvalue weighted by molar-refractivity contribution is 0.0982. The van der Waals surface area contributed by atoms with Crippen LogP contribution in [0.5, 0.6) is 0 Å². The Kier molecular flexibility index (Phi) is 8.44. The van der Waals surface area contributed by atoms with E-state index in [1.807, 2.05) is 12.1 Å². The molecule has 11 nitrogen and oxygen atoms in total. The van der Waals surface area contributed by atoms with Crippen LogP contribution in [0.25, 0.3) is 0 Å². The van der Waals surface area contributed by atoms with E-state index in [4.69, 9.17) is 0 Å². The quantitative estimate of drug-likeness (QED) is 0.441. The smallest absolute Gasteiger partial charge is 0.229 e. The molecule has 210 valence electrons. The van der Waals surface area contributed by atoms with Gasteiger partial charge in [-0.1, -0.05) is 6.07 Å². The average Bonchev–Trinajstić information content (AvgIpc) is 2.94. The van der Waals surface area contributed by atoms with Crippen LogP contribution in [0.15, 0.2) is 53.0 Å². The summed E-state index contributed by atoms with van der Waals surface area (Å²) >= 11 is 0. The van der Waals surface area contributed by atoms with Crippen molar-refractivity contribution in [3.05, 3.63) is 54.2 Å². The molecule has 0 spiro atoms. The van der Waals surface area contributed by atoms with Gasteiger partial charge in [0.25, 0.3) is 0 Å². The standard InChI is InChI=1S/C28H36N10OS/c1-36-15-17-38(18-16-36)24-11-13-37(14-12-24)23-9-7-22(8-10-23)31-28-30-20-21(19-29)27(34-28)33-25-5-4-6-26(32-25)35-40(2,3)39/h4-10,20,24H,11-18H2,1-3H3,(H2,30,31,32,33,34). The van der Waals surface area contributed by atoms with Crippen LogP contribution in [0, 0.1) is 11.3 Å². The molecule has 5 rings (SSSR count). The zero-order valence-electron chi connectivity index (χ0n) is 23.2. The van der Waals surface area contributed by atoms with Crippen molar-refractivity contribution in [1.29, 1.82) is 5.26 Å². The molecule has 2 aromatic heterocycles. The Bertz CT molecular complexity index is 1470. The number of likely N-dealkylation sites (N-methyl/N-ethyl adjacent to an activating group) is 1. The highest BCUT2D eigenvalue weighted by Gasteiger charge is 2.26. The number of anilines is 5. The highest BCUT2D eigenvalue weighted by molar-refractivity contribution is 7.92. The lowest BCUT2D eigenvalue weighted by atomic mass is 10.0. The zero-order chi connectivity index (χ0) is 28.1. The molecule has 2 aliphatic rings. The fourth-order valence-corrected chi connectivity index (χ4v) is 5.62. The van der Waals surface area contributed by atoms with E-state index < -0.39 is 9.73 Å². The molecule has 40 heavy (non-hydrogen) atoms. The average molecular weight is 561 g/mol. The van der Waals surface area contributed by atoms with E-state index in [0.29, 0.717) is 29.4 Å². The third-order valence-corrected chi connectivity index (χ3v) is 7.84. The molecule has 1 aromatic carbocycles. The van der Waals surface area contributed by atoms with Gasteiger partial charge in [-0.05, 0) is 56.3 Å². The molecule has 2 saturated heterocycles. The van der Waals surface area contributed by atoms with Gasteiger partial charge in [-0.3, -0.25) is 4.90 Å². The normalized spacial score (nSPS) is 17.3. The first-order valence-corrected chi connectivity index (χ1v) is 15.8. The summed E-state index contributed by atoms with van der Waals surface area (Å²) in [5, 5.41) is 15.9. The molecule has 12 heteroatoms. The molecule has 0 amide bonds. The second-order valence-corrected chi connectivity index (χ2v) is 13.1. The zero-order valence-corrected chi connectivity index (χ0v) is 24.1. The Hall–Kier alpha value is -3.79. The van der Waals surface area contributed by atoms with E-state index in [1.54, 1.807) is 30.7 Å². The molecule has 0 bridgehead atoms. The van der Waals surface area contributed by atoms with Crippen LogP contribution < -0.4 is 15.5 Å². The fourth-order valence-electron chi connectivity index (χ4n) is 5.07. The van der Waals surface area contributed by atoms with Crippen molar-refractivity contribution in [2.45, 2.75) is 18.9 Å². The first-order valence-electron chi connectivity index (χ1n) is 13.5. The van der Waals surface area contributed by atoms with Crippen molar-refractivity contribution >= 4 is 44.5 Å². The first kappa shape index (κ1) is 27.8. The Morgan fingerprint density at radius 1 is 0.975 bits per heavy atom. The largest absolute Gasteiger partial charge is 0.371 e. The molecule has 0 unspecified atom stereocenters. The van der Waals surface area contributed by atoms with E-state index in [9.17, 15) is 9.47 Å². The van der Waals surface area contributed by atoms with E-state index in [0.717, 1.165) is 31.9 Å². The second-order valence-electron chi connectivity index (χ2n) is 10.6. The number of piperazine rings is 1. The third-order valence-electron chi connectivity index (χ3n) is 7.21. The molecular weight excluding hydrogens is 524 g/mol. The summed E-state index contributed by atoms with van der Waals surface area (Å²) in [6.45, 7) is 6.81. The maximum Gasteiger partial charge on any atom is 0.229 e. The lowest BCUT2D eigenvalue weighted by Crippen LogP contribution is -2.52. The maximum absolute atomic E-state index is 12.0. The summed E-state index contributed by atoms with van der Waals surface area (Å²) in [6.07, 6.45) is 6.96. The van der Waals surface area contributed by atoms with Gasteiger partial charge in [0.15, 0.2) is 11.6 Å². The first-order chi connectivity index (χ1) is 19.3. The van der Waals surface area contributed by atoms with Gasteiger partial charge in [0.05, 0.1) is 6.20 Å². The molecule has 2 N–H and O–H groups in total. The molecule has 2 aliphatic heterocycles. The predicted molar refractivity (Wildman–Crippen MR) is 160 cm³/mol. The van der Waals surface area contributed by atoms with E-state index in [1.165, 1.54) is 37.8 Å². The highest BCUT2D eigenvalue weighted by Crippen LogP contribution is 2.26. The van der Waals surface area contributed by atoms with Gasteiger partial charge >= 0.3 is 0 Å². The van der Waals surface area contributed by atoms with Crippen LogP contribution in [0.2, 0.25) is 0 Å². The number of hydrogen-bond acceptors (Lipinski definition) is 11. The number of benzene rings is 1. The minimum Gasteiger partial charge on any atom is -0.371 e. The molecule has 0 saturated carbocycles. The fraction of sp³-hybridized carbons (Fsp3) is 0.429. The van der Waals surface area contributed by atoms with Crippen LogP contribution in [-0.4, -0.2) is 93.8 Å². The number of nitrogens with zero attached hydrogens (tertiary/aromatic N) is 8. The van der Waals surface area contributed by atoms with Crippen LogP contribution in [0.3, 0.4) is 0 Å². The summed E-state index contributed by atoms with van der Waals surface area (Å²) in [6, 6.07) is 16.3.